The second-order valence-electron chi connectivity index (χ2n) is 1.58. The van der Waals surface area contributed by atoms with E-state index in [4.69, 9.17) is 0 Å². The molecule has 0 amide bonds. The summed E-state index contributed by atoms with van der Waals surface area (Å²) < 4.78 is 1.40. The molecule has 1 heterocycles. The molecule has 0 N–H and O–H groups in total. The lowest BCUT2D eigenvalue weighted by molar-refractivity contribution is 0.546. The molecular formula is C6H6NO. The number of carbonyl (C=O) groups is 1. The lowest BCUT2D eigenvalue weighted by Gasteiger charge is -1.87. The average Bonchev–Trinajstić information content (AvgIpc) is 2.14. The summed E-state index contributed by atoms with van der Waals surface area (Å²) in [5, 5.41) is 0. The lowest BCUT2D eigenvalue weighted by atomic mass is 10.5. The summed E-state index contributed by atoms with van der Waals surface area (Å²) in [4.78, 5) is 10.0. The summed E-state index contributed by atoms with van der Waals surface area (Å²) in [5.41, 5.74) is 0.917. The lowest BCUT2D eigenvalue weighted by Crippen LogP contribution is -1.93. The first kappa shape index (κ1) is 5.09. The highest BCUT2D eigenvalue weighted by molar-refractivity contribution is 5.53. The van der Waals surface area contributed by atoms with Crippen molar-refractivity contribution in [2.75, 3.05) is 0 Å². The van der Waals surface area contributed by atoms with Gasteiger partial charge in [-0.3, -0.25) is 9.36 Å². The fourth-order valence-electron chi connectivity index (χ4n) is 0.534. The number of aryl methyl sites for hydroxylation is 1. The first-order valence-corrected chi connectivity index (χ1v) is 2.35. The minimum Gasteiger partial charge on any atom is -0.286 e. The highest BCUT2D eigenvalue weighted by Crippen LogP contribution is 1.93. The van der Waals surface area contributed by atoms with Crippen molar-refractivity contribution < 1.29 is 4.79 Å². The van der Waals surface area contributed by atoms with Crippen molar-refractivity contribution in [3.63, 3.8) is 0 Å². The van der Waals surface area contributed by atoms with E-state index >= 15 is 0 Å². The first-order valence-electron chi connectivity index (χ1n) is 2.35. The standard InChI is InChI=1S/C6H6NO/c1-6-3-2-4-7(6)5-8/h2-3,5H,1H3. The molecule has 0 aliphatic rings. The topological polar surface area (TPSA) is 22.0 Å². The largest absolute Gasteiger partial charge is 0.286 e. The summed E-state index contributed by atoms with van der Waals surface area (Å²) in [7, 11) is 0. The third-order valence-electron chi connectivity index (χ3n) is 1.02. The zero-order valence-corrected chi connectivity index (χ0v) is 4.59. The Morgan fingerprint density at radius 1 is 1.88 bits per heavy atom. The van der Waals surface area contributed by atoms with Gasteiger partial charge >= 0.3 is 0 Å². The van der Waals surface area contributed by atoms with Crippen molar-refractivity contribution >= 4 is 6.41 Å². The number of rotatable bonds is 1. The molecule has 2 heteroatoms. The predicted molar refractivity (Wildman–Crippen MR) is 30.2 cm³/mol. The molecule has 0 saturated carbocycles. The van der Waals surface area contributed by atoms with Crippen LogP contribution in [0.5, 0.6) is 0 Å². The highest BCUT2D eigenvalue weighted by Gasteiger charge is 1.88. The van der Waals surface area contributed by atoms with Crippen molar-refractivity contribution in [3.8, 4) is 0 Å². The zero-order chi connectivity index (χ0) is 5.98. The molecular weight excluding hydrogens is 102 g/mol. The Kier molecular flexibility index (Phi) is 1.16. The molecule has 41 valence electrons. The van der Waals surface area contributed by atoms with Gasteiger partial charge in [0.2, 0.25) is 6.41 Å². The van der Waals surface area contributed by atoms with Gasteiger partial charge in [0.15, 0.2) is 0 Å². The molecule has 0 atom stereocenters. The molecule has 1 rings (SSSR count). The van der Waals surface area contributed by atoms with Gasteiger partial charge in [0.05, 0.1) is 6.20 Å². The third kappa shape index (κ3) is 0.644. The van der Waals surface area contributed by atoms with Gasteiger partial charge in [-0.1, -0.05) is 0 Å². The molecule has 0 aliphatic heterocycles. The summed E-state index contributed by atoms with van der Waals surface area (Å²) in [5.74, 6) is 0. The van der Waals surface area contributed by atoms with E-state index in [1.54, 1.807) is 6.07 Å². The Balaban J connectivity index is 3.09. The van der Waals surface area contributed by atoms with E-state index in [9.17, 15) is 4.79 Å². The van der Waals surface area contributed by atoms with Crippen LogP contribution >= 0.6 is 0 Å². The van der Waals surface area contributed by atoms with Gasteiger partial charge < -0.3 is 0 Å². The van der Waals surface area contributed by atoms with Gasteiger partial charge in [-0.15, -0.1) is 0 Å². The maximum absolute atomic E-state index is 10.0. The van der Waals surface area contributed by atoms with E-state index in [-0.39, 0.29) is 0 Å². The fraction of sp³-hybridized carbons (Fsp3) is 0.167. The van der Waals surface area contributed by atoms with Crippen LogP contribution in [0.1, 0.15) is 5.69 Å². The molecule has 1 radical (unpaired) electrons. The van der Waals surface area contributed by atoms with Crippen LogP contribution in [0.25, 0.3) is 0 Å². The van der Waals surface area contributed by atoms with Crippen LogP contribution < -0.4 is 0 Å². The maximum atomic E-state index is 10.0. The van der Waals surface area contributed by atoms with Crippen LogP contribution in [0.2, 0.25) is 0 Å². The Morgan fingerprint density at radius 2 is 2.62 bits per heavy atom. The second-order valence-corrected chi connectivity index (χ2v) is 1.58. The smallest absolute Gasteiger partial charge is 0.218 e. The van der Waals surface area contributed by atoms with E-state index in [2.05, 4.69) is 6.20 Å². The maximum Gasteiger partial charge on any atom is 0.218 e. The fourth-order valence-corrected chi connectivity index (χ4v) is 0.534. The molecule has 8 heavy (non-hydrogen) atoms. The van der Waals surface area contributed by atoms with Gasteiger partial charge in [-0.05, 0) is 19.1 Å². The van der Waals surface area contributed by atoms with Gasteiger partial charge in [0.1, 0.15) is 0 Å². The van der Waals surface area contributed by atoms with Gasteiger partial charge in [-0.2, -0.15) is 0 Å². The summed E-state index contributed by atoms with van der Waals surface area (Å²) >= 11 is 0. The van der Waals surface area contributed by atoms with Crippen LogP contribution in [0, 0.1) is 13.1 Å². The number of hydrogen-bond donors (Lipinski definition) is 0. The molecule has 0 unspecified atom stereocenters. The first-order chi connectivity index (χ1) is 3.84. The van der Waals surface area contributed by atoms with Crippen molar-refractivity contribution in [3.05, 3.63) is 24.0 Å². The Hall–Kier alpha value is -1.05. The highest BCUT2D eigenvalue weighted by atomic mass is 16.1. The molecule has 0 saturated heterocycles. The van der Waals surface area contributed by atoms with Crippen LogP contribution in [-0.4, -0.2) is 11.0 Å². The van der Waals surface area contributed by atoms with Crippen molar-refractivity contribution in [1.82, 2.24) is 4.57 Å². The molecule has 1 aromatic rings. The Labute approximate surface area is 47.7 Å². The third-order valence-corrected chi connectivity index (χ3v) is 1.02. The van der Waals surface area contributed by atoms with E-state index in [1.165, 1.54) is 4.57 Å². The SMILES string of the molecule is Cc1cc[c]n1C=O. The number of nitrogens with zero attached hydrogens (tertiary/aromatic N) is 1. The van der Waals surface area contributed by atoms with Crippen molar-refractivity contribution in [2.45, 2.75) is 6.92 Å². The van der Waals surface area contributed by atoms with E-state index in [0.717, 1.165) is 12.1 Å². The monoisotopic (exact) mass is 108 g/mol. The molecule has 2 nitrogen and oxygen atoms in total. The van der Waals surface area contributed by atoms with Gasteiger partial charge in [0, 0.05) is 5.69 Å². The average molecular weight is 108 g/mol. The van der Waals surface area contributed by atoms with Gasteiger partial charge in [0.25, 0.3) is 0 Å². The number of hydrogen-bond acceptors (Lipinski definition) is 1. The second kappa shape index (κ2) is 1.82. The summed E-state index contributed by atoms with van der Waals surface area (Å²) in [6, 6.07) is 3.54. The predicted octanol–water partition coefficient (Wildman–Crippen LogP) is 0.635. The molecule has 1 aromatic heterocycles. The summed E-state index contributed by atoms with van der Waals surface area (Å²) in [6.07, 6.45) is 3.44. The molecule has 0 bridgehead atoms. The minimum atomic E-state index is 0.731. The van der Waals surface area contributed by atoms with Crippen molar-refractivity contribution in [1.29, 1.82) is 0 Å². The molecule has 0 fully saturated rings. The number of carbonyl (C=O) groups excluding carboxylic acids is 1. The normalized spacial score (nSPS) is 9.12. The summed E-state index contributed by atoms with van der Waals surface area (Å²) in [6.45, 7) is 1.85. The Bertz CT molecular complexity index is 190. The van der Waals surface area contributed by atoms with Gasteiger partial charge in [-0.25, -0.2) is 0 Å². The van der Waals surface area contributed by atoms with Crippen LogP contribution in [0.3, 0.4) is 0 Å². The van der Waals surface area contributed by atoms with Crippen LogP contribution in [0.4, 0.5) is 0 Å². The quantitative estimate of drug-likeness (QED) is 0.484. The molecule has 0 spiro atoms. The van der Waals surface area contributed by atoms with E-state index < -0.39 is 0 Å². The van der Waals surface area contributed by atoms with E-state index in [0.29, 0.717) is 0 Å². The van der Waals surface area contributed by atoms with E-state index in [1.807, 2.05) is 13.0 Å². The number of aromatic nitrogens is 1. The van der Waals surface area contributed by atoms with Crippen molar-refractivity contribution in [2.24, 2.45) is 0 Å². The molecule has 0 aromatic carbocycles. The molecule has 0 aliphatic carbocycles. The van der Waals surface area contributed by atoms with Crippen LogP contribution in [0.15, 0.2) is 12.1 Å². The van der Waals surface area contributed by atoms with Crippen LogP contribution in [-0.2, 0) is 4.79 Å². The zero-order valence-electron chi connectivity index (χ0n) is 4.59. The Morgan fingerprint density at radius 3 is 2.88 bits per heavy atom. The minimum absolute atomic E-state index is 0.731.